The third kappa shape index (κ3) is 1.59. The van der Waals surface area contributed by atoms with Gasteiger partial charge in [0.1, 0.15) is 0 Å². The van der Waals surface area contributed by atoms with E-state index in [0.29, 0.717) is 26.9 Å². The fourth-order valence-corrected chi connectivity index (χ4v) is 8.23. The van der Waals surface area contributed by atoms with Gasteiger partial charge in [-0.15, -0.1) is 0 Å². The molecule has 1 aliphatic rings. The molecule has 1 atom stereocenters. The molecular weight excluding hydrogens is 210 g/mol. The summed E-state index contributed by atoms with van der Waals surface area (Å²) in [4.78, 5) is 0. The van der Waals surface area contributed by atoms with Gasteiger partial charge in [0.05, 0.1) is 0 Å². The number of allylic oxidation sites excluding steroid dienone is 2. The maximum absolute atomic E-state index is 2.38. The van der Waals surface area contributed by atoms with Crippen molar-refractivity contribution in [2.75, 3.05) is 0 Å². The third-order valence-corrected chi connectivity index (χ3v) is 12.0. The van der Waals surface area contributed by atoms with Crippen LogP contribution in [0.5, 0.6) is 0 Å². The summed E-state index contributed by atoms with van der Waals surface area (Å²) >= 11 is 1.15. The molecule has 0 aromatic rings. The second-order valence-corrected chi connectivity index (χ2v) is 10.6. The fourth-order valence-electron chi connectivity index (χ4n) is 0.554. The zero-order valence-corrected chi connectivity index (χ0v) is 8.50. The summed E-state index contributed by atoms with van der Waals surface area (Å²) in [5.74, 6) is 0. The van der Waals surface area contributed by atoms with Crippen molar-refractivity contribution in [3.63, 3.8) is 0 Å². The van der Waals surface area contributed by atoms with Gasteiger partial charge in [-0.3, -0.25) is 0 Å². The first-order chi connectivity index (χ1) is 3.29. The van der Waals surface area contributed by atoms with Crippen LogP contribution in [0.2, 0.25) is 0 Å². The Kier molecular flexibility index (Phi) is 1.95. The topological polar surface area (TPSA) is 0 Å². The van der Waals surface area contributed by atoms with E-state index in [2.05, 4.69) is 19.9 Å². The van der Waals surface area contributed by atoms with E-state index < -0.39 is 0 Å². The van der Waals surface area contributed by atoms with Crippen molar-refractivity contribution in [1.29, 1.82) is 0 Å². The molecule has 1 heterocycles. The molecule has 38 valence electrons. The first-order valence-electron chi connectivity index (χ1n) is 2.27. The molecule has 0 radical (unpaired) electrons. The van der Waals surface area contributed by atoms with Gasteiger partial charge >= 0.3 is 55.5 Å². The predicted molar refractivity (Wildman–Crippen MR) is 37.3 cm³/mol. The van der Waals surface area contributed by atoms with Crippen LogP contribution >= 0.6 is 0 Å². The molecule has 0 bridgehead atoms. The van der Waals surface area contributed by atoms with E-state index in [1.165, 1.54) is 0 Å². The summed E-state index contributed by atoms with van der Waals surface area (Å²) < 4.78 is 3.39. The van der Waals surface area contributed by atoms with Gasteiger partial charge in [-0.05, 0) is 0 Å². The van der Waals surface area contributed by atoms with Crippen LogP contribution in [0.3, 0.4) is 0 Å². The Morgan fingerprint density at radius 2 is 2.29 bits per heavy atom. The summed E-state index contributed by atoms with van der Waals surface area (Å²) in [5.41, 5.74) is 0. The van der Waals surface area contributed by atoms with Gasteiger partial charge in [0.25, 0.3) is 0 Å². The Hall–Kier alpha value is 0.727. The Labute approximate surface area is 55.6 Å². The first kappa shape index (κ1) is 5.86. The standard InChI is InChI=1S/C5H8As2/c1-4-3-5(2)7-6-4/h3,6H,1-2H3. The fraction of sp³-hybridized carbons (Fsp3) is 0.400. The van der Waals surface area contributed by atoms with E-state index in [0.717, 1.165) is 0 Å². The molecule has 0 spiro atoms. The predicted octanol–water partition coefficient (Wildman–Crippen LogP) is 0.152. The number of hydrogen-bond acceptors (Lipinski definition) is 0. The molecule has 0 aliphatic carbocycles. The van der Waals surface area contributed by atoms with Crippen molar-refractivity contribution in [1.82, 2.24) is 0 Å². The van der Waals surface area contributed by atoms with Gasteiger partial charge in [-0.1, -0.05) is 0 Å². The Morgan fingerprint density at radius 3 is 2.43 bits per heavy atom. The molecule has 0 aromatic carbocycles. The van der Waals surface area contributed by atoms with Gasteiger partial charge in [0, 0.05) is 0 Å². The summed E-state index contributed by atoms with van der Waals surface area (Å²) in [7, 11) is 0. The normalized spacial score (nSPS) is 24.9. The van der Waals surface area contributed by atoms with Crippen molar-refractivity contribution in [3.05, 3.63) is 10.4 Å². The molecule has 0 N–H and O–H groups in total. The van der Waals surface area contributed by atoms with Crippen LogP contribution in [0.1, 0.15) is 13.8 Å². The van der Waals surface area contributed by atoms with Crippen molar-refractivity contribution in [3.8, 4) is 0 Å². The average Bonchev–Trinajstić information content (AvgIpc) is 1.87. The summed E-state index contributed by atoms with van der Waals surface area (Å²) in [6, 6.07) is 0. The van der Waals surface area contributed by atoms with Crippen LogP contribution < -0.4 is 0 Å². The van der Waals surface area contributed by atoms with Crippen LogP contribution in [0, 0.1) is 0 Å². The van der Waals surface area contributed by atoms with Gasteiger partial charge in [-0.2, -0.15) is 0 Å². The van der Waals surface area contributed by atoms with E-state index in [1.54, 1.807) is 8.66 Å². The van der Waals surface area contributed by atoms with Gasteiger partial charge in [-0.25, -0.2) is 0 Å². The van der Waals surface area contributed by atoms with Crippen LogP contribution in [-0.4, -0.2) is 31.2 Å². The molecule has 0 amide bonds. The minimum atomic E-state index is 0.443. The van der Waals surface area contributed by atoms with Gasteiger partial charge in [0.2, 0.25) is 0 Å². The second-order valence-electron chi connectivity index (χ2n) is 1.69. The Bertz CT molecular complexity index is 133. The van der Waals surface area contributed by atoms with E-state index in [4.69, 9.17) is 0 Å². The molecule has 7 heavy (non-hydrogen) atoms. The molecule has 0 aromatic heterocycles. The van der Waals surface area contributed by atoms with E-state index in [-0.39, 0.29) is 0 Å². The molecule has 1 unspecified atom stereocenters. The monoisotopic (exact) mass is 218 g/mol. The SMILES string of the molecule is CC1=CC(C)=[As][AsH]1. The summed E-state index contributed by atoms with van der Waals surface area (Å²) in [5, 5.41) is 0. The molecule has 0 saturated carbocycles. The molecule has 1 rings (SSSR count). The molecule has 2 heteroatoms. The van der Waals surface area contributed by atoms with Crippen LogP contribution in [0.15, 0.2) is 10.4 Å². The molecule has 0 saturated heterocycles. The van der Waals surface area contributed by atoms with Crippen molar-refractivity contribution >= 4 is 31.2 Å². The van der Waals surface area contributed by atoms with E-state index in [9.17, 15) is 0 Å². The second kappa shape index (κ2) is 2.33. The summed E-state index contributed by atoms with van der Waals surface area (Å²) in [6.07, 6.45) is 2.38. The average molecular weight is 218 g/mol. The molecular formula is C5H8As2. The minimum absolute atomic E-state index is 0.443. The zero-order chi connectivity index (χ0) is 5.28. The van der Waals surface area contributed by atoms with Crippen molar-refractivity contribution < 1.29 is 0 Å². The third-order valence-electron chi connectivity index (χ3n) is 0.834. The van der Waals surface area contributed by atoms with Crippen LogP contribution in [0.25, 0.3) is 0 Å². The van der Waals surface area contributed by atoms with Crippen LogP contribution in [0.4, 0.5) is 0 Å². The van der Waals surface area contributed by atoms with Crippen LogP contribution in [-0.2, 0) is 0 Å². The van der Waals surface area contributed by atoms with Crippen molar-refractivity contribution in [2.24, 2.45) is 0 Å². The first-order valence-corrected chi connectivity index (χ1v) is 10.1. The molecule has 0 nitrogen and oxygen atoms in total. The van der Waals surface area contributed by atoms with Gasteiger partial charge in [0.15, 0.2) is 0 Å². The van der Waals surface area contributed by atoms with E-state index >= 15 is 0 Å². The number of hydrogen-bond donors (Lipinski definition) is 0. The zero-order valence-electron chi connectivity index (χ0n) is 4.52. The molecule has 0 fully saturated rings. The van der Waals surface area contributed by atoms with Gasteiger partial charge < -0.3 is 0 Å². The number of rotatable bonds is 0. The Balaban J connectivity index is 2.69. The van der Waals surface area contributed by atoms with Crippen molar-refractivity contribution in [2.45, 2.75) is 13.8 Å². The quantitative estimate of drug-likeness (QED) is 0.508. The maximum atomic E-state index is 2.38. The summed E-state index contributed by atoms with van der Waals surface area (Å²) in [6.45, 7) is 4.53. The Morgan fingerprint density at radius 1 is 1.57 bits per heavy atom. The van der Waals surface area contributed by atoms with E-state index in [1.807, 2.05) is 0 Å². The molecule has 1 aliphatic heterocycles.